The van der Waals surface area contributed by atoms with Gasteiger partial charge in [0.1, 0.15) is 0 Å². The van der Waals surface area contributed by atoms with Crippen molar-refractivity contribution < 1.29 is 5.11 Å². The van der Waals surface area contributed by atoms with E-state index in [1.54, 1.807) is 0 Å². The maximum Gasteiger partial charge on any atom is 0.0545 e. The molecular weight excluding hydrogens is 124 g/mol. The standard InChI is InChI=1S/C9H18O/c1-3-8-4-7(2)5-9(10)6-8/h7-10H,3-6H2,1-2H3. The Morgan fingerprint density at radius 3 is 2.50 bits per heavy atom. The molecule has 3 atom stereocenters. The predicted molar refractivity (Wildman–Crippen MR) is 42.8 cm³/mol. The topological polar surface area (TPSA) is 20.2 Å². The third kappa shape index (κ3) is 1.98. The average Bonchev–Trinajstić information content (AvgIpc) is 1.85. The largest absolute Gasteiger partial charge is 0.393 e. The van der Waals surface area contributed by atoms with Crippen LogP contribution in [0.5, 0.6) is 0 Å². The van der Waals surface area contributed by atoms with Crippen molar-refractivity contribution in [2.24, 2.45) is 11.8 Å². The van der Waals surface area contributed by atoms with Gasteiger partial charge in [0.2, 0.25) is 0 Å². The van der Waals surface area contributed by atoms with Gasteiger partial charge in [0.05, 0.1) is 6.10 Å². The second-order valence-corrected chi connectivity index (χ2v) is 3.74. The zero-order chi connectivity index (χ0) is 7.56. The summed E-state index contributed by atoms with van der Waals surface area (Å²) in [6.07, 6.45) is 4.63. The molecule has 1 nitrogen and oxygen atoms in total. The fraction of sp³-hybridized carbons (Fsp3) is 1.00. The Balaban J connectivity index is 2.35. The van der Waals surface area contributed by atoms with Gasteiger partial charge in [0.25, 0.3) is 0 Å². The van der Waals surface area contributed by atoms with E-state index < -0.39 is 0 Å². The molecule has 0 radical (unpaired) electrons. The van der Waals surface area contributed by atoms with Crippen molar-refractivity contribution >= 4 is 0 Å². The predicted octanol–water partition coefficient (Wildman–Crippen LogP) is 2.19. The molecule has 1 aliphatic rings. The molecule has 60 valence electrons. The molecule has 0 bridgehead atoms. The van der Waals surface area contributed by atoms with Gasteiger partial charge in [-0.15, -0.1) is 0 Å². The van der Waals surface area contributed by atoms with Crippen molar-refractivity contribution in [3.05, 3.63) is 0 Å². The molecule has 3 unspecified atom stereocenters. The lowest BCUT2D eigenvalue weighted by atomic mass is 9.80. The van der Waals surface area contributed by atoms with E-state index in [9.17, 15) is 5.11 Å². The van der Waals surface area contributed by atoms with E-state index in [1.165, 1.54) is 12.8 Å². The lowest BCUT2D eigenvalue weighted by Crippen LogP contribution is -2.24. The molecule has 1 fully saturated rings. The Bertz CT molecular complexity index is 90.9. The number of aliphatic hydroxyl groups excluding tert-OH is 1. The summed E-state index contributed by atoms with van der Waals surface area (Å²) in [6.45, 7) is 4.46. The van der Waals surface area contributed by atoms with Gasteiger partial charge in [-0.05, 0) is 31.1 Å². The van der Waals surface area contributed by atoms with Crippen LogP contribution < -0.4 is 0 Å². The Morgan fingerprint density at radius 2 is 2.00 bits per heavy atom. The van der Waals surface area contributed by atoms with Gasteiger partial charge in [-0.2, -0.15) is 0 Å². The molecule has 0 aliphatic heterocycles. The Morgan fingerprint density at radius 1 is 1.30 bits per heavy atom. The van der Waals surface area contributed by atoms with Crippen LogP contribution in [-0.4, -0.2) is 11.2 Å². The monoisotopic (exact) mass is 142 g/mol. The van der Waals surface area contributed by atoms with E-state index in [2.05, 4.69) is 13.8 Å². The minimum absolute atomic E-state index is 0.00583. The molecule has 0 amide bonds. The lowest BCUT2D eigenvalue weighted by Gasteiger charge is -2.29. The summed E-state index contributed by atoms with van der Waals surface area (Å²) < 4.78 is 0. The molecule has 1 saturated carbocycles. The maximum atomic E-state index is 9.38. The molecule has 1 heteroatoms. The Hall–Kier alpha value is -0.0400. The first-order chi connectivity index (χ1) is 4.72. The quantitative estimate of drug-likeness (QED) is 0.595. The summed E-state index contributed by atoms with van der Waals surface area (Å²) >= 11 is 0. The zero-order valence-electron chi connectivity index (χ0n) is 7.01. The minimum atomic E-state index is -0.00583. The van der Waals surface area contributed by atoms with Gasteiger partial charge >= 0.3 is 0 Å². The van der Waals surface area contributed by atoms with E-state index in [4.69, 9.17) is 0 Å². The van der Waals surface area contributed by atoms with E-state index >= 15 is 0 Å². The fourth-order valence-corrected chi connectivity index (χ4v) is 2.04. The molecule has 1 N–H and O–H groups in total. The first kappa shape index (κ1) is 8.06. The fourth-order valence-electron chi connectivity index (χ4n) is 2.04. The molecule has 1 rings (SSSR count). The third-order valence-electron chi connectivity index (χ3n) is 2.59. The minimum Gasteiger partial charge on any atom is -0.393 e. The van der Waals surface area contributed by atoms with Gasteiger partial charge in [0, 0.05) is 0 Å². The van der Waals surface area contributed by atoms with E-state index in [0.717, 1.165) is 24.7 Å². The summed E-state index contributed by atoms with van der Waals surface area (Å²) in [5, 5.41) is 9.38. The van der Waals surface area contributed by atoms with Gasteiger partial charge in [-0.1, -0.05) is 20.3 Å². The molecule has 0 heterocycles. The van der Waals surface area contributed by atoms with Crippen molar-refractivity contribution in [3.63, 3.8) is 0 Å². The first-order valence-electron chi connectivity index (χ1n) is 4.40. The summed E-state index contributed by atoms with van der Waals surface area (Å²) in [5.41, 5.74) is 0. The summed E-state index contributed by atoms with van der Waals surface area (Å²) in [5.74, 6) is 1.53. The van der Waals surface area contributed by atoms with E-state index in [0.29, 0.717) is 0 Å². The normalized spacial score (nSPS) is 41.7. The van der Waals surface area contributed by atoms with Crippen molar-refractivity contribution in [2.75, 3.05) is 0 Å². The lowest BCUT2D eigenvalue weighted by molar-refractivity contribution is 0.0738. The molecule has 0 aromatic heterocycles. The molecule has 0 aromatic rings. The SMILES string of the molecule is CCC1CC(C)CC(O)C1. The molecule has 10 heavy (non-hydrogen) atoms. The molecular formula is C9H18O. The highest BCUT2D eigenvalue weighted by atomic mass is 16.3. The number of hydrogen-bond donors (Lipinski definition) is 1. The average molecular weight is 142 g/mol. The van der Waals surface area contributed by atoms with Crippen LogP contribution in [0.3, 0.4) is 0 Å². The molecule has 0 aromatic carbocycles. The van der Waals surface area contributed by atoms with Gasteiger partial charge in [0.15, 0.2) is 0 Å². The van der Waals surface area contributed by atoms with E-state index in [1.807, 2.05) is 0 Å². The number of aliphatic hydroxyl groups is 1. The van der Waals surface area contributed by atoms with Gasteiger partial charge in [-0.25, -0.2) is 0 Å². The van der Waals surface area contributed by atoms with Crippen molar-refractivity contribution in [1.82, 2.24) is 0 Å². The molecule has 1 aliphatic carbocycles. The number of hydrogen-bond acceptors (Lipinski definition) is 1. The highest BCUT2D eigenvalue weighted by Crippen LogP contribution is 2.30. The highest BCUT2D eigenvalue weighted by molar-refractivity contribution is 4.75. The molecule has 0 spiro atoms. The van der Waals surface area contributed by atoms with Crippen LogP contribution in [0.2, 0.25) is 0 Å². The zero-order valence-corrected chi connectivity index (χ0v) is 7.01. The summed E-state index contributed by atoms with van der Waals surface area (Å²) in [6, 6.07) is 0. The van der Waals surface area contributed by atoms with Crippen LogP contribution in [0.4, 0.5) is 0 Å². The summed E-state index contributed by atoms with van der Waals surface area (Å²) in [4.78, 5) is 0. The molecule has 0 saturated heterocycles. The van der Waals surface area contributed by atoms with Gasteiger partial charge < -0.3 is 5.11 Å². The van der Waals surface area contributed by atoms with Crippen molar-refractivity contribution in [2.45, 2.75) is 45.6 Å². The van der Waals surface area contributed by atoms with Crippen molar-refractivity contribution in [1.29, 1.82) is 0 Å². The third-order valence-corrected chi connectivity index (χ3v) is 2.59. The van der Waals surface area contributed by atoms with Gasteiger partial charge in [-0.3, -0.25) is 0 Å². The maximum absolute atomic E-state index is 9.38. The van der Waals surface area contributed by atoms with Crippen LogP contribution in [0, 0.1) is 11.8 Å². The Kier molecular flexibility index (Phi) is 2.72. The van der Waals surface area contributed by atoms with Crippen LogP contribution in [0.25, 0.3) is 0 Å². The van der Waals surface area contributed by atoms with Crippen molar-refractivity contribution in [3.8, 4) is 0 Å². The number of rotatable bonds is 1. The first-order valence-corrected chi connectivity index (χ1v) is 4.40. The highest BCUT2D eigenvalue weighted by Gasteiger charge is 2.23. The smallest absolute Gasteiger partial charge is 0.0545 e. The van der Waals surface area contributed by atoms with Crippen LogP contribution in [0.1, 0.15) is 39.5 Å². The van der Waals surface area contributed by atoms with Crippen LogP contribution >= 0.6 is 0 Å². The van der Waals surface area contributed by atoms with Crippen LogP contribution in [0.15, 0.2) is 0 Å². The Labute approximate surface area is 63.4 Å². The van der Waals surface area contributed by atoms with E-state index in [-0.39, 0.29) is 6.10 Å². The second kappa shape index (κ2) is 3.38. The second-order valence-electron chi connectivity index (χ2n) is 3.74. The van der Waals surface area contributed by atoms with Crippen LogP contribution in [-0.2, 0) is 0 Å². The summed E-state index contributed by atoms with van der Waals surface area (Å²) in [7, 11) is 0.